The number of aryl methyl sites for hydroxylation is 1. The predicted molar refractivity (Wildman–Crippen MR) is 80.8 cm³/mol. The van der Waals surface area contributed by atoms with Gasteiger partial charge in [0.1, 0.15) is 5.75 Å². The number of phenolic OH excluding ortho intramolecular Hbond substituents is 1. The van der Waals surface area contributed by atoms with Crippen LogP contribution in [-0.4, -0.2) is 29.6 Å². The molecule has 1 aliphatic rings. The molecule has 2 nitrogen and oxygen atoms in total. The number of rotatable bonds is 3. The number of hydrogen-bond donors (Lipinski definition) is 1. The van der Waals surface area contributed by atoms with E-state index in [1.54, 1.807) is 0 Å². The van der Waals surface area contributed by atoms with Crippen LogP contribution in [0.3, 0.4) is 0 Å². The van der Waals surface area contributed by atoms with Crippen molar-refractivity contribution < 1.29 is 5.11 Å². The largest absolute Gasteiger partial charge is 0.508 e. The normalized spacial score (nSPS) is 28.5. The second kappa shape index (κ2) is 5.54. The molecule has 1 heterocycles. The topological polar surface area (TPSA) is 23.5 Å². The number of hydrogen-bond acceptors (Lipinski definition) is 2. The van der Waals surface area contributed by atoms with Crippen molar-refractivity contribution in [3.63, 3.8) is 0 Å². The molecule has 1 aromatic rings. The van der Waals surface area contributed by atoms with Gasteiger partial charge in [0.25, 0.3) is 0 Å². The van der Waals surface area contributed by atoms with Crippen molar-refractivity contribution in [1.29, 1.82) is 0 Å². The maximum atomic E-state index is 9.88. The third-order valence-electron chi connectivity index (χ3n) is 5.10. The van der Waals surface area contributed by atoms with Gasteiger partial charge in [-0.25, -0.2) is 0 Å². The van der Waals surface area contributed by atoms with E-state index in [9.17, 15) is 5.11 Å². The maximum Gasteiger partial charge on any atom is 0.115 e. The molecule has 0 bridgehead atoms. The summed E-state index contributed by atoms with van der Waals surface area (Å²) < 4.78 is 0. The molecule has 0 saturated carbocycles. The van der Waals surface area contributed by atoms with Crippen molar-refractivity contribution >= 4 is 0 Å². The van der Waals surface area contributed by atoms with Crippen LogP contribution in [0.4, 0.5) is 0 Å². The molecule has 106 valence electrons. The van der Waals surface area contributed by atoms with Crippen LogP contribution >= 0.6 is 0 Å². The van der Waals surface area contributed by atoms with E-state index >= 15 is 0 Å². The first-order chi connectivity index (χ1) is 9.02. The minimum absolute atomic E-state index is 0.246. The molecule has 0 aromatic heterocycles. The zero-order valence-corrected chi connectivity index (χ0v) is 12.7. The standard InChI is InChI=1S/C17H27NO/c1-5-14-7-8-15(19)11-16(14)17(6-2)9-10-18(4)13(3)12-17/h7-8,11,13,19H,5-6,9-10,12H2,1-4H3. The van der Waals surface area contributed by atoms with Gasteiger partial charge in [0.15, 0.2) is 0 Å². The fourth-order valence-corrected chi connectivity index (χ4v) is 3.56. The molecular formula is C17H27NO. The average molecular weight is 261 g/mol. The Morgan fingerprint density at radius 1 is 1.37 bits per heavy atom. The summed E-state index contributed by atoms with van der Waals surface area (Å²) in [4.78, 5) is 2.45. The van der Waals surface area contributed by atoms with E-state index in [1.165, 1.54) is 24.0 Å². The Kier molecular flexibility index (Phi) is 4.19. The van der Waals surface area contributed by atoms with Crippen LogP contribution < -0.4 is 0 Å². The summed E-state index contributed by atoms with van der Waals surface area (Å²) >= 11 is 0. The fraction of sp³-hybridized carbons (Fsp3) is 0.647. The maximum absolute atomic E-state index is 9.88. The minimum Gasteiger partial charge on any atom is -0.508 e. The van der Waals surface area contributed by atoms with Gasteiger partial charge in [-0.2, -0.15) is 0 Å². The molecule has 1 aliphatic heterocycles. The van der Waals surface area contributed by atoms with Crippen LogP contribution in [0.1, 0.15) is 51.2 Å². The molecule has 1 saturated heterocycles. The van der Waals surface area contributed by atoms with Gasteiger partial charge in [-0.05, 0) is 74.9 Å². The third kappa shape index (κ3) is 2.64. The molecule has 2 unspecified atom stereocenters. The van der Waals surface area contributed by atoms with E-state index in [2.05, 4.69) is 38.8 Å². The Balaban J connectivity index is 2.44. The van der Waals surface area contributed by atoms with Gasteiger partial charge in [-0.1, -0.05) is 19.9 Å². The highest BCUT2D eigenvalue weighted by Gasteiger charge is 2.38. The van der Waals surface area contributed by atoms with Crippen LogP contribution in [0.15, 0.2) is 18.2 Å². The zero-order chi connectivity index (χ0) is 14.0. The van der Waals surface area contributed by atoms with Crippen molar-refractivity contribution in [3.8, 4) is 5.75 Å². The minimum atomic E-state index is 0.246. The highest BCUT2D eigenvalue weighted by Crippen LogP contribution is 2.43. The van der Waals surface area contributed by atoms with Gasteiger partial charge < -0.3 is 10.0 Å². The second-order valence-corrected chi connectivity index (χ2v) is 6.11. The third-order valence-corrected chi connectivity index (χ3v) is 5.10. The molecule has 0 radical (unpaired) electrons. The van der Waals surface area contributed by atoms with E-state index in [-0.39, 0.29) is 5.41 Å². The molecule has 0 spiro atoms. The van der Waals surface area contributed by atoms with E-state index in [1.807, 2.05) is 12.1 Å². The predicted octanol–water partition coefficient (Wildman–Crippen LogP) is 3.72. The number of phenols is 1. The summed E-state index contributed by atoms with van der Waals surface area (Å²) in [5.41, 5.74) is 3.03. The quantitative estimate of drug-likeness (QED) is 0.896. The molecule has 0 amide bonds. The van der Waals surface area contributed by atoms with E-state index in [0.29, 0.717) is 11.8 Å². The Labute approximate surface area is 117 Å². The van der Waals surface area contributed by atoms with Crippen LogP contribution in [0, 0.1) is 0 Å². The first-order valence-electron chi connectivity index (χ1n) is 7.55. The second-order valence-electron chi connectivity index (χ2n) is 6.11. The van der Waals surface area contributed by atoms with Crippen LogP contribution in [0.5, 0.6) is 5.75 Å². The lowest BCUT2D eigenvalue weighted by molar-refractivity contribution is 0.125. The van der Waals surface area contributed by atoms with Gasteiger partial charge in [0, 0.05) is 6.04 Å². The smallest absolute Gasteiger partial charge is 0.115 e. The first-order valence-corrected chi connectivity index (χ1v) is 7.55. The van der Waals surface area contributed by atoms with Crippen molar-refractivity contribution in [1.82, 2.24) is 4.90 Å². The lowest BCUT2D eigenvalue weighted by atomic mass is 9.67. The van der Waals surface area contributed by atoms with Crippen LogP contribution in [-0.2, 0) is 11.8 Å². The van der Waals surface area contributed by atoms with Gasteiger partial charge in [-0.15, -0.1) is 0 Å². The summed E-state index contributed by atoms with van der Waals surface area (Å²) in [6.07, 6.45) is 4.58. The lowest BCUT2D eigenvalue weighted by Crippen LogP contribution is -2.46. The van der Waals surface area contributed by atoms with Crippen molar-refractivity contribution in [3.05, 3.63) is 29.3 Å². The number of benzene rings is 1. The monoisotopic (exact) mass is 261 g/mol. The van der Waals surface area contributed by atoms with Gasteiger partial charge >= 0.3 is 0 Å². The Morgan fingerprint density at radius 3 is 2.68 bits per heavy atom. The number of nitrogens with zero attached hydrogens (tertiary/aromatic N) is 1. The highest BCUT2D eigenvalue weighted by atomic mass is 16.3. The fourth-order valence-electron chi connectivity index (χ4n) is 3.56. The van der Waals surface area contributed by atoms with Crippen molar-refractivity contribution in [2.75, 3.05) is 13.6 Å². The molecule has 2 atom stereocenters. The van der Waals surface area contributed by atoms with Crippen molar-refractivity contribution in [2.45, 2.75) is 57.9 Å². The Morgan fingerprint density at radius 2 is 2.11 bits per heavy atom. The van der Waals surface area contributed by atoms with Gasteiger partial charge in [-0.3, -0.25) is 0 Å². The molecule has 2 rings (SSSR count). The molecule has 2 heteroatoms. The highest BCUT2D eigenvalue weighted by molar-refractivity contribution is 5.40. The van der Waals surface area contributed by atoms with Gasteiger partial charge in [0.2, 0.25) is 0 Å². The Hall–Kier alpha value is -1.02. The summed E-state index contributed by atoms with van der Waals surface area (Å²) in [5, 5.41) is 9.88. The lowest BCUT2D eigenvalue weighted by Gasteiger charge is -2.45. The average Bonchev–Trinajstić information content (AvgIpc) is 2.42. The van der Waals surface area contributed by atoms with E-state index < -0.39 is 0 Å². The molecular weight excluding hydrogens is 234 g/mol. The van der Waals surface area contributed by atoms with Crippen LogP contribution in [0.2, 0.25) is 0 Å². The Bertz CT molecular complexity index is 443. The zero-order valence-electron chi connectivity index (χ0n) is 12.7. The summed E-state index contributed by atoms with van der Waals surface area (Å²) in [6, 6.07) is 6.55. The van der Waals surface area contributed by atoms with Crippen molar-refractivity contribution in [2.24, 2.45) is 0 Å². The summed E-state index contributed by atoms with van der Waals surface area (Å²) in [6.45, 7) is 7.96. The molecule has 1 N–H and O–H groups in total. The molecule has 1 aromatic carbocycles. The SMILES string of the molecule is CCc1ccc(O)cc1C1(CC)CCN(C)C(C)C1. The van der Waals surface area contributed by atoms with Crippen LogP contribution in [0.25, 0.3) is 0 Å². The number of piperidine rings is 1. The molecule has 1 fully saturated rings. The summed E-state index contributed by atoms with van der Waals surface area (Å²) in [7, 11) is 2.22. The number of aromatic hydroxyl groups is 1. The first kappa shape index (κ1) is 14.4. The van der Waals surface area contributed by atoms with E-state index in [4.69, 9.17) is 0 Å². The molecule has 0 aliphatic carbocycles. The number of likely N-dealkylation sites (tertiary alicyclic amines) is 1. The summed E-state index contributed by atoms with van der Waals surface area (Å²) in [5.74, 6) is 0.409. The van der Waals surface area contributed by atoms with Gasteiger partial charge in [0.05, 0.1) is 0 Å². The molecule has 19 heavy (non-hydrogen) atoms. The van der Waals surface area contributed by atoms with E-state index in [0.717, 1.165) is 19.4 Å².